The van der Waals surface area contributed by atoms with E-state index in [1.54, 1.807) is 7.11 Å². The van der Waals surface area contributed by atoms with Crippen molar-refractivity contribution < 1.29 is 17.9 Å². The summed E-state index contributed by atoms with van der Waals surface area (Å²) < 4.78 is 34.3. The Labute approximate surface area is 77.7 Å². The molecule has 0 N–H and O–H groups in total. The lowest BCUT2D eigenvalue weighted by atomic mass is 10.1. The first-order chi connectivity index (χ1) is 5.98. The molecule has 0 unspecified atom stereocenters. The van der Waals surface area contributed by atoms with Gasteiger partial charge in [-0.2, -0.15) is 4.31 Å². The van der Waals surface area contributed by atoms with E-state index >= 15 is 0 Å². The molecule has 0 aromatic carbocycles. The molecule has 13 heavy (non-hydrogen) atoms. The summed E-state index contributed by atoms with van der Waals surface area (Å²) >= 11 is 0. The van der Waals surface area contributed by atoms with Gasteiger partial charge in [0.2, 0.25) is 10.0 Å². The van der Waals surface area contributed by atoms with Crippen molar-refractivity contribution >= 4 is 10.0 Å². The van der Waals surface area contributed by atoms with Gasteiger partial charge < -0.3 is 9.47 Å². The van der Waals surface area contributed by atoms with Gasteiger partial charge >= 0.3 is 0 Å². The number of rotatable bonds is 2. The highest BCUT2D eigenvalue weighted by Crippen LogP contribution is 2.39. The van der Waals surface area contributed by atoms with E-state index in [2.05, 4.69) is 0 Å². The number of ether oxygens (including phenoxy) is 2. The second kappa shape index (κ2) is 2.66. The standard InChI is InChI=1S/C7H13NO4S/c1-11-6-3-8(13(2,9)10)4-7(6)5-12-7/h6H,3-5H2,1-2H3/t6-,7-/m0/s1. The summed E-state index contributed by atoms with van der Waals surface area (Å²) in [4.78, 5) is 0. The number of hydrogen-bond donors (Lipinski definition) is 0. The first-order valence-electron chi connectivity index (χ1n) is 4.10. The van der Waals surface area contributed by atoms with Crippen LogP contribution < -0.4 is 0 Å². The molecule has 0 saturated carbocycles. The van der Waals surface area contributed by atoms with Crippen LogP contribution in [0.1, 0.15) is 0 Å². The summed E-state index contributed by atoms with van der Waals surface area (Å²) in [5.41, 5.74) is -0.335. The third-order valence-corrected chi connectivity index (χ3v) is 3.89. The maximum absolute atomic E-state index is 11.2. The fourth-order valence-electron chi connectivity index (χ4n) is 1.73. The third-order valence-electron chi connectivity index (χ3n) is 2.67. The summed E-state index contributed by atoms with van der Waals surface area (Å²) in [6.45, 7) is 1.46. The zero-order chi connectivity index (χ0) is 9.69. The second-order valence-corrected chi connectivity index (χ2v) is 5.62. The van der Waals surface area contributed by atoms with Gasteiger partial charge in [-0.1, -0.05) is 0 Å². The highest BCUT2D eigenvalue weighted by atomic mass is 32.2. The van der Waals surface area contributed by atoms with Crippen LogP contribution >= 0.6 is 0 Å². The fraction of sp³-hybridized carbons (Fsp3) is 1.00. The van der Waals surface area contributed by atoms with Crippen LogP contribution in [0, 0.1) is 0 Å². The monoisotopic (exact) mass is 207 g/mol. The lowest BCUT2D eigenvalue weighted by Gasteiger charge is -2.11. The Kier molecular flexibility index (Phi) is 1.92. The van der Waals surface area contributed by atoms with Gasteiger partial charge in [-0.05, 0) is 0 Å². The zero-order valence-corrected chi connectivity index (χ0v) is 8.50. The molecule has 2 rings (SSSR count). The molecule has 2 saturated heterocycles. The minimum Gasteiger partial charge on any atom is -0.377 e. The van der Waals surface area contributed by atoms with Crippen LogP contribution in [0.2, 0.25) is 0 Å². The Balaban J connectivity index is 2.15. The first kappa shape index (κ1) is 9.39. The van der Waals surface area contributed by atoms with E-state index in [9.17, 15) is 8.42 Å². The minimum atomic E-state index is -3.10. The van der Waals surface area contributed by atoms with E-state index in [1.165, 1.54) is 10.6 Å². The molecule has 2 aliphatic heterocycles. The van der Waals surface area contributed by atoms with Crippen molar-refractivity contribution in [2.45, 2.75) is 11.7 Å². The van der Waals surface area contributed by atoms with E-state index in [4.69, 9.17) is 9.47 Å². The Bertz CT molecular complexity index is 308. The highest BCUT2D eigenvalue weighted by molar-refractivity contribution is 7.88. The molecule has 0 aliphatic carbocycles. The quantitative estimate of drug-likeness (QED) is 0.547. The van der Waals surface area contributed by atoms with Crippen molar-refractivity contribution in [1.29, 1.82) is 0 Å². The Hall–Kier alpha value is -0.170. The van der Waals surface area contributed by atoms with Gasteiger partial charge in [-0.25, -0.2) is 8.42 Å². The maximum atomic E-state index is 11.2. The molecule has 0 aromatic rings. The van der Waals surface area contributed by atoms with E-state index < -0.39 is 10.0 Å². The van der Waals surface area contributed by atoms with Gasteiger partial charge in [0.1, 0.15) is 11.7 Å². The molecule has 0 amide bonds. The molecule has 0 radical (unpaired) electrons. The molecule has 6 heteroatoms. The van der Waals surface area contributed by atoms with E-state index in [0.29, 0.717) is 19.7 Å². The molecular formula is C7H13NO4S. The smallest absolute Gasteiger partial charge is 0.211 e. The van der Waals surface area contributed by atoms with Crippen LogP contribution in [0.15, 0.2) is 0 Å². The Morgan fingerprint density at radius 1 is 1.62 bits per heavy atom. The van der Waals surface area contributed by atoms with Crippen molar-refractivity contribution in [3.05, 3.63) is 0 Å². The summed E-state index contributed by atoms with van der Waals surface area (Å²) in [7, 11) is -1.52. The van der Waals surface area contributed by atoms with Crippen LogP contribution in [0.3, 0.4) is 0 Å². The van der Waals surface area contributed by atoms with Crippen LogP contribution in [0.5, 0.6) is 0 Å². The van der Waals surface area contributed by atoms with Gasteiger partial charge in [0.05, 0.1) is 12.9 Å². The van der Waals surface area contributed by atoms with Crippen molar-refractivity contribution in [2.24, 2.45) is 0 Å². The summed E-state index contributed by atoms with van der Waals surface area (Å²) in [6.07, 6.45) is 1.10. The van der Waals surface area contributed by atoms with Crippen molar-refractivity contribution in [3.8, 4) is 0 Å². The van der Waals surface area contributed by atoms with E-state index in [-0.39, 0.29) is 11.7 Å². The summed E-state index contributed by atoms with van der Waals surface area (Å²) in [5.74, 6) is 0. The Morgan fingerprint density at radius 3 is 2.54 bits per heavy atom. The van der Waals surface area contributed by atoms with Gasteiger partial charge in [0.15, 0.2) is 0 Å². The van der Waals surface area contributed by atoms with Crippen molar-refractivity contribution in [3.63, 3.8) is 0 Å². The van der Waals surface area contributed by atoms with Gasteiger partial charge in [0.25, 0.3) is 0 Å². The van der Waals surface area contributed by atoms with Crippen LogP contribution in [-0.4, -0.2) is 57.5 Å². The molecule has 1 spiro atoms. The molecule has 2 aliphatic rings. The maximum Gasteiger partial charge on any atom is 0.211 e. The van der Waals surface area contributed by atoms with Crippen molar-refractivity contribution in [2.75, 3.05) is 33.1 Å². The number of methoxy groups -OCH3 is 1. The van der Waals surface area contributed by atoms with E-state index in [1.807, 2.05) is 0 Å². The summed E-state index contributed by atoms with van der Waals surface area (Å²) in [5, 5.41) is 0. The van der Waals surface area contributed by atoms with Gasteiger partial charge in [-0.3, -0.25) is 0 Å². The first-order valence-corrected chi connectivity index (χ1v) is 5.95. The number of epoxide rings is 1. The molecule has 2 atom stereocenters. The molecule has 76 valence electrons. The normalized spacial score (nSPS) is 40.0. The summed E-state index contributed by atoms with van der Waals surface area (Å²) in [6, 6.07) is 0. The lowest BCUT2D eigenvalue weighted by Crippen LogP contribution is -2.29. The SMILES string of the molecule is CO[C@H]1CN(S(C)(=O)=O)C[C@]12CO2. The number of sulfonamides is 1. The fourth-order valence-corrected chi connectivity index (χ4v) is 2.59. The highest BCUT2D eigenvalue weighted by Gasteiger charge is 2.59. The third kappa shape index (κ3) is 1.48. The molecule has 5 nitrogen and oxygen atoms in total. The molecule has 0 aromatic heterocycles. The van der Waals surface area contributed by atoms with Gasteiger partial charge in [0, 0.05) is 20.2 Å². The lowest BCUT2D eigenvalue weighted by molar-refractivity contribution is 0.0614. The molecule has 2 heterocycles. The van der Waals surface area contributed by atoms with E-state index in [0.717, 1.165) is 0 Å². The van der Waals surface area contributed by atoms with Crippen LogP contribution in [0.4, 0.5) is 0 Å². The predicted octanol–water partition coefficient (Wildman–Crippen LogP) is -0.954. The minimum absolute atomic E-state index is 0.109. The van der Waals surface area contributed by atoms with Crippen LogP contribution in [-0.2, 0) is 19.5 Å². The zero-order valence-electron chi connectivity index (χ0n) is 7.69. The molecule has 2 fully saturated rings. The average Bonchev–Trinajstić information content (AvgIpc) is 2.62. The largest absolute Gasteiger partial charge is 0.377 e. The second-order valence-electron chi connectivity index (χ2n) is 3.63. The number of nitrogens with zero attached hydrogens (tertiary/aromatic N) is 1. The molecular weight excluding hydrogens is 194 g/mol. The Morgan fingerprint density at radius 2 is 2.23 bits per heavy atom. The van der Waals surface area contributed by atoms with Gasteiger partial charge in [-0.15, -0.1) is 0 Å². The average molecular weight is 207 g/mol. The predicted molar refractivity (Wildman–Crippen MR) is 45.9 cm³/mol. The number of hydrogen-bond acceptors (Lipinski definition) is 4. The van der Waals surface area contributed by atoms with Crippen LogP contribution in [0.25, 0.3) is 0 Å². The van der Waals surface area contributed by atoms with Crippen molar-refractivity contribution in [1.82, 2.24) is 4.31 Å². The molecule has 0 bridgehead atoms. The topological polar surface area (TPSA) is 59.1 Å².